The molecule has 25 heavy (non-hydrogen) atoms. The highest BCUT2D eigenvalue weighted by atomic mass is 32.2. The third-order valence-corrected chi connectivity index (χ3v) is 5.02. The minimum atomic E-state index is -3.89. The molecule has 1 unspecified atom stereocenters. The maximum Gasteiger partial charge on any atom is 0.243 e. The molecule has 2 aromatic rings. The van der Waals surface area contributed by atoms with Gasteiger partial charge in [-0.1, -0.05) is 18.2 Å². The Balaban J connectivity index is 2.06. The average Bonchev–Trinajstić information content (AvgIpc) is 2.56. The van der Waals surface area contributed by atoms with Crippen molar-refractivity contribution in [3.63, 3.8) is 0 Å². The Bertz CT molecular complexity index is 875. The topological polar surface area (TPSA) is 105 Å². The van der Waals surface area contributed by atoms with Gasteiger partial charge in [-0.2, -0.15) is 4.72 Å². The summed E-state index contributed by atoms with van der Waals surface area (Å²) in [5.41, 5.74) is 1.36. The van der Waals surface area contributed by atoms with Crippen molar-refractivity contribution in [1.82, 2.24) is 9.71 Å². The van der Waals surface area contributed by atoms with E-state index < -0.39 is 22.0 Å². The third kappa shape index (κ3) is 4.94. The molecular formula is C17H19N3O4S. The lowest BCUT2D eigenvalue weighted by atomic mass is 10.2. The Morgan fingerprint density at radius 3 is 2.24 bits per heavy atom. The zero-order valence-corrected chi connectivity index (χ0v) is 14.9. The highest BCUT2D eigenvalue weighted by molar-refractivity contribution is 7.89. The van der Waals surface area contributed by atoms with Crippen molar-refractivity contribution in [3.8, 4) is 0 Å². The molecule has 0 saturated heterocycles. The number of carbonyl (C=O) groups excluding carboxylic acids is 2. The van der Waals surface area contributed by atoms with Crippen LogP contribution in [-0.4, -0.2) is 31.1 Å². The van der Waals surface area contributed by atoms with Gasteiger partial charge in [0, 0.05) is 11.8 Å². The first-order valence-corrected chi connectivity index (χ1v) is 9.04. The number of hydrogen-bond donors (Lipinski definition) is 2. The predicted molar refractivity (Wildman–Crippen MR) is 93.8 cm³/mol. The molecule has 1 atom stereocenters. The molecule has 7 nitrogen and oxygen atoms in total. The van der Waals surface area contributed by atoms with Crippen LogP contribution in [-0.2, 0) is 14.8 Å². The number of rotatable bonds is 6. The van der Waals surface area contributed by atoms with Crippen molar-refractivity contribution in [2.45, 2.75) is 31.7 Å². The van der Waals surface area contributed by atoms with Crippen LogP contribution in [0.25, 0.3) is 0 Å². The van der Waals surface area contributed by atoms with Crippen LogP contribution in [0.4, 0.5) is 5.82 Å². The van der Waals surface area contributed by atoms with Crippen molar-refractivity contribution in [3.05, 3.63) is 53.7 Å². The van der Waals surface area contributed by atoms with Gasteiger partial charge in [0.25, 0.3) is 0 Å². The van der Waals surface area contributed by atoms with Gasteiger partial charge in [-0.15, -0.1) is 0 Å². The monoisotopic (exact) mass is 361 g/mol. The van der Waals surface area contributed by atoms with Gasteiger partial charge in [0.2, 0.25) is 15.9 Å². The summed E-state index contributed by atoms with van der Waals surface area (Å²) in [7, 11) is -3.89. The van der Waals surface area contributed by atoms with Crippen molar-refractivity contribution < 1.29 is 18.0 Å². The molecule has 0 aliphatic carbocycles. The van der Waals surface area contributed by atoms with Crippen molar-refractivity contribution in [1.29, 1.82) is 0 Å². The van der Waals surface area contributed by atoms with E-state index in [0.29, 0.717) is 11.4 Å². The van der Waals surface area contributed by atoms with E-state index in [-0.39, 0.29) is 10.7 Å². The molecule has 2 rings (SSSR count). The molecule has 2 N–H and O–H groups in total. The second-order valence-electron chi connectivity index (χ2n) is 5.63. The zero-order valence-electron chi connectivity index (χ0n) is 14.1. The largest absolute Gasteiger partial charge is 0.309 e. The smallest absolute Gasteiger partial charge is 0.243 e. The standard InChI is InChI=1S/C17H19N3O4S/c1-11-4-9-16(18-10-11)19-17(22)12(2)20-25(23,24)15-7-5-14(6-8-15)13(3)21/h4-10,12,20H,1-3H3,(H,18,19,22). The fourth-order valence-corrected chi connectivity index (χ4v) is 3.20. The van der Waals surface area contributed by atoms with Crippen LogP contribution in [0.5, 0.6) is 0 Å². The Hall–Kier alpha value is -2.58. The van der Waals surface area contributed by atoms with Crippen molar-refractivity contribution in [2.75, 3.05) is 5.32 Å². The average molecular weight is 361 g/mol. The summed E-state index contributed by atoms with van der Waals surface area (Å²) in [6.07, 6.45) is 1.60. The van der Waals surface area contributed by atoms with E-state index in [1.165, 1.54) is 38.1 Å². The van der Waals surface area contributed by atoms with Crippen LogP contribution >= 0.6 is 0 Å². The number of carbonyl (C=O) groups is 2. The van der Waals surface area contributed by atoms with E-state index in [2.05, 4.69) is 15.0 Å². The summed E-state index contributed by atoms with van der Waals surface area (Å²) in [5, 5.41) is 2.55. The normalized spacial score (nSPS) is 12.4. The third-order valence-electron chi connectivity index (χ3n) is 3.46. The van der Waals surface area contributed by atoms with Crippen LogP contribution in [0.1, 0.15) is 29.8 Å². The number of aromatic nitrogens is 1. The predicted octanol–water partition coefficient (Wildman–Crippen LogP) is 1.90. The van der Waals surface area contributed by atoms with E-state index in [1.807, 2.05) is 6.92 Å². The maximum absolute atomic E-state index is 12.3. The number of pyridine rings is 1. The summed E-state index contributed by atoms with van der Waals surface area (Å²) < 4.78 is 27.0. The lowest BCUT2D eigenvalue weighted by Gasteiger charge is -2.14. The number of nitrogens with one attached hydrogen (secondary N) is 2. The van der Waals surface area contributed by atoms with Crippen LogP contribution in [0, 0.1) is 6.92 Å². The molecule has 1 amide bonds. The van der Waals surface area contributed by atoms with Gasteiger partial charge in [0.05, 0.1) is 10.9 Å². The number of Topliss-reactive ketones (excluding diaryl/α,β-unsaturated/α-hetero) is 1. The Morgan fingerprint density at radius 1 is 1.08 bits per heavy atom. The molecule has 8 heteroatoms. The molecular weight excluding hydrogens is 342 g/mol. The van der Waals surface area contributed by atoms with Crippen LogP contribution in [0.2, 0.25) is 0 Å². The molecule has 1 aromatic carbocycles. The van der Waals surface area contributed by atoms with Gasteiger partial charge < -0.3 is 5.32 Å². The second kappa shape index (κ2) is 7.54. The molecule has 1 heterocycles. The summed E-state index contributed by atoms with van der Waals surface area (Å²) in [4.78, 5) is 27.4. The molecule has 0 aliphatic heterocycles. The fraction of sp³-hybridized carbons (Fsp3) is 0.235. The highest BCUT2D eigenvalue weighted by Gasteiger charge is 2.22. The minimum absolute atomic E-state index is 0.0226. The molecule has 0 aliphatic rings. The summed E-state index contributed by atoms with van der Waals surface area (Å²) in [6.45, 7) is 4.70. The van der Waals surface area contributed by atoms with Gasteiger partial charge in [0.1, 0.15) is 5.82 Å². The Kier molecular flexibility index (Phi) is 5.66. The number of amides is 1. The molecule has 0 bridgehead atoms. The molecule has 0 spiro atoms. The van der Waals surface area contributed by atoms with Gasteiger partial charge in [-0.05, 0) is 44.5 Å². The van der Waals surface area contributed by atoms with E-state index >= 15 is 0 Å². The van der Waals surface area contributed by atoms with Crippen LogP contribution in [0.3, 0.4) is 0 Å². The minimum Gasteiger partial charge on any atom is -0.309 e. The lowest BCUT2D eigenvalue weighted by Crippen LogP contribution is -2.41. The quantitative estimate of drug-likeness (QED) is 0.765. The van der Waals surface area contributed by atoms with Crippen molar-refractivity contribution >= 4 is 27.5 Å². The van der Waals surface area contributed by atoms with E-state index in [1.54, 1.807) is 18.3 Å². The van der Waals surface area contributed by atoms with Gasteiger partial charge in [-0.3, -0.25) is 9.59 Å². The van der Waals surface area contributed by atoms with Crippen LogP contribution in [0.15, 0.2) is 47.5 Å². The number of benzene rings is 1. The molecule has 0 fully saturated rings. The van der Waals surface area contributed by atoms with E-state index in [4.69, 9.17) is 0 Å². The molecule has 0 saturated carbocycles. The number of sulfonamides is 1. The van der Waals surface area contributed by atoms with Crippen LogP contribution < -0.4 is 10.0 Å². The number of hydrogen-bond acceptors (Lipinski definition) is 5. The summed E-state index contributed by atoms with van der Waals surface area (Å²) in [5.74, 6) is -0.344. The van der Waals surface area contributed by atoms with E-state index in [0.717, 1.165) is 5.56 Å². The van der Waals surface area contributed by atoms with Crippen molar-refractivity contribution in [2.24, 2.45) is 0 Å². The molecule has 0 radical (unpaired) electrons. The second-order valence-corrected chi connectivity index (χ2v) is 7.35. The molecule has 132 valence electrons. The first-order valence-electron chi connectivity index (χ1n) is 7.56. The van der Waals surface area contributed by atoms with Gasteiger partial charge >= 0.3 is 0 Å². The number of aryl methyl sites for hydroxylation is 1. The number of nitrogens with zero attached hydrogens (tertiary/aromatic N) is 1. The summed E-state index contributed by atoms with van der Waals surface area (Å²) in [6, 6.07) is 7.93. The number of ketones is 1. The van der Waals surface area contributed by atoms with E-state index in [9.17, 15) is 18.0 Å². The first kappa shape index (κ1) is 18.8. The first-order chi connectivity index (χ1) is 11.7. The number of anilines is 1. The van der Waals surface area contributed by atoms with Gasteiger partial charge in [0.15, 0.2) is 5.78 Å². The van der Waals surface area contributed by atoms with Gasteiger partial charge in [-0.25, -0.2) is 13.4 Å². The summed E-state index contributed by atoms with van der Waals surface area (Å²) >= 11 is 0. The Morgan fingerprint density at radius 2 is 1.72 bits per heavy atom. The molecule has 1 aromatic heterocycles. The fourth-order valence-electron chi connectivity index (χ4n) is 2.00. The zero-order chi connectivity index (χ0) is 18.6. The SMILES string of the molecule is CC(=O)c1ccc(S(=O)(=O)NC(C)C(=O)Nc2ccc(C)cn2)cc1. The Labute approximate surface area is 146 Å². The highest BCUT2D eigenvalue weighted by Crippen LogP contribution is 2.12. The lowest BCUT2D eigenvalue weighted by molar-refractivity contribution is -0.117. The maximum atomic E-state index is 12.3.